The Hall–Kier alpha value is -2.10. The Morgan fingerprint density at radius 2 is 2.15 bits per heavy atom. The van der Waals surface area contributed by atoms with Gasteiger partial charge in [-0.05, 0) is 12.5 Å². The van der Waals surface area contributed by atoms with E-state index in [4.69, 9.17) is 10.7 Å². The lowest BCUT2D eigenvalue weighted by Crippen LogP contribution is -1.99. The highest BCUT2D eigenvalue weighted by Crippen LogP contribution is 2.42. The maximum absolute atomic E-state index is 12.6. The predicted molar refractivity (Wildman–Crippen MR) is 109 cm³/mol. The molecule has 2 N–H and O–H groups in total. The molecule has 0 aliphatic carbocycles. The van der Waals surface area contributed by atoms with Gasteiger partial charge in [0.2, 0.25) is 0 Å². The maximum atomic E-state index is 12.6. The van der Waals surface area contributed by atoms with Crippen LogP contribution in [0.3, 0.4) is 0 Å². The van der Waals surface area contributed by atoms with Crippen LogP contribution in [0.5, 0.6) is 0 Å². The number of aromatic nitrogens is 4. The van der Waals surface area contributed by atoms with Gasteiger partial charge in [0.05, 0.1) is 16.5 Å². The predicted octanol–water partition coefficient (Wildman–Crippen LogP) is 3.92. The van der Waals surface area contributed by atoms with Gasteiger partial charge in [0, 0.05) is 47.7 Å². The Balaban J connectivity index is 2.02. The number of fused-ring (bicyclic) bond motifs is 1. The molecular formula is C17H17N5OS3. The standard InChI is InChI=1S/C17H17N5OS3/c1-3-8-26(23)17-13(18)12-10(14-19-4-6-22(14)2)9-11(21-16(12)25-17)15-20-5-7-24-15/h4-7,9H,3,8,18H2,1-2H3. The lowest BCUT2D eigenvalue weighted by atomic mass is 10.1. The second kappa shape index (κ2) is 6.90. The van der Waals surface area contributed by atoms with E-state index in [1.807, 2.05) is 36.2 Å². The Labute approximate surface area is 161 Å². The Bertz CT molecular complexity index is 1100. The number of hydrogen-bond donors (Lipinski definition) is 1. The highest BCUT2D eigenvalue weighted by Gasteiger charge is 2.22. The van der Waals surface area contributed by atoms with E-state index in [0.29, 0.717) is 15.6 Å². The van der Waals surface area contributed by atoms with Crippen molar-refractivity contribution in [3.8, 4) is 22.1 Å². The summed E-state index contributed by atoms with van der Waals surface area (Å²) in [4.78, 5) is 14.4. The van der Waals surface area contributed by atoms with E-state index >= 15 is 0 Å². The summed E-state index contributed by atoms with van der Waals surface area (Å²) in [5, 5.41) is 3.58. The van der Waals surface area contributed by atoms with Crippen molar-refractivity contribution < 1.29 is 4.21 Å². The molecule has 0 bridgehead atoms. The van der Waals surface area contributed by atoms with Crippen molar-refractivity contribution in [2.24, 2.45) is 7.05 Å². The van der Waals surface area contributed by atoms with Crippen LogP contribution in [0.15, 0.2) is 34.2 Å². The number of nitrogen functional groups attached to an aromatic ring is 1. The molecule has 0 aromatic carbocycles. The Morgan fingerprint density at radius 3 is 2.81 bits per heavy atom. The molecule has 9 heteroatoms. The molecule has 0 radical (unpaired) electrons. The fourth-order valence-electron chi connectivity index (χ4n) is 2.81. The van der Waals surface area contributed by atoms with Crippen LogP contribution in [-0.4, -0.2) is 29.5 Å². The lowest BCUT2D eigenvalue weighted by molar-refractivity contribution is 0.683. The smallest absolute Gasteiger partial charge is 0.141 e. The number of nitrogens with two attached hydrogens (primary N) is 1. The SMILES string of the molecule is CCCS(=O)c1sc2nc(-c3nccs3)cc(-c3nccn3C)c2c1N. The molecule has 0 saturated carbocycles. The summed E-state index contributed by atoms with van der Waals surface area (Å²) in [5.74, 6) is 1.39. The van der Waals surface area contributed by atoms with E-state index in [9.17, 15) is 4.21 Å². The molecule has 0 saturated heterocycles. The van der Waals surface area contributed by atoms with E-state index in [2.05, 4.69) is 9.97 Å². The number of hydrogen-bond acceptors (Lipinski definition) is 7. The van der Waals surface area contributed by atoms with Gasteiger partial charge in [-0.3, -0.25) is 4.21 Å². The van der Waals surface area contributed by atoms with E-state index in [-0.39, 0.29) is 0 Å². The molecule has 0 aliphatic heterocycles. The first kappa shape index (κ1) is 17.3. The van der Waals surface area contributed by atoms with Crippen LogP contribution in [0.2, 0.25) is 0 Å². The van der Waals surface area contributed by atoms with Gasteiger partial charge < -0.3 is 10.3 Å². The third kappa shape index (κ3) is 2.85. The van der Waals surface area contributed by atoms with Crippen molar-refractivity contribution in [2.45, 2.75) is 17.6 Å². The van der Waals surface area contributed by atoms with Crippen molar-refractivity contribution in [1.82, 2.24) is 19.5 Å². The van der Waals surface area contributed by atoms with Crippen LogP contribution < -0.4 is 5.73 Å². The van der Waals surface area contributed by atoms with Crippen LogP contribution in [0.4, 0.5) is 5.69 Å². The lowest BCUT2D eigenvalue weighted by Gasteiger charge is -2.07. The van der Waals surface area contributed by atoms with Crippen molar-refractivity contribution >= 4 is 49.4 Å². The molecule has 4 heterocycles. The molecule has 0 fully saturated rings. The van der Waals surface area contributed by atoms with Crippen molar-refractivity contribution in [3.05, 3.63) is 30.0 Å². The number of thiazole rings is 1. The van der Waals surface area contributed by atoms with Gasteiger partial charge in [-0.1, -0.05) is 6.92 Å². The second-order valence-corrected chi connectivity index (χ2v) is 9.45. The summed E-state index contributed by atoms with van der Waals surface area (Å²) < 4.78 is 15.2. The summed E-state index contributed by atoms with van der Waals surface area (Å²) >= 11 is 2.94. The molecule has 0 spiro atoms. The minimum atomic E-state index is -1.12. The monoisotopic (exact) mass is 403 g/mol. The zero-order valence-corrected chi connectivity index (χ0v) is 16.7. The fourth-order valence-corrected chi connectivity index (χ4v) is 6.02. The Kier molecular flexibility index (Phi) is 4.60. The molecule has 4 aromatic heterocycles. The van der Waals surface area contributed by atoms with E-state index in [0.717, 1.165) is 38.7 Å². The van der Waals surface area contributed by atoms with Crippen molar-refractivity contribution in [2.75, 3.05) is 11.5 Å². The van der Waals surface area contributed by atoms with Crippen LogP contribution in [0, 0.1) is 0 Å². The minimum Gasteiger partial charge on any atom is -0.396 e. The van der Waals surface area contributed by atoms with Crippen LogP contribution in [0.25, 0.3) is 32.3 Å². The molecule has 1 unspecified atom stereocenters. The largest absolute Gasteiger partial charge is 0.396 e. The van der Waals surface area contributed by atoms with Gasteiger partial charge in [0.1, 0.15) is 25.6 Å². The average Bonchev–Trinajstić information content (AvgIpc) is 3.35. The molecule has 4 rings (SSSR count). The second-order valence-electron chi connectivity index (χ2n) is 5.79. The average molecular weight is 404 g/mol. The van der Waals surface area contributed by atoms with Crippen LogP contribution >= 0.6 is 22.7 Å². The summed E-state index contributed by atoms with van der Waals surface area (Å²) in [6.07, 6.45) is 6.24. The summed E-state index contributed by atoms with van der Waals surface area (Å²) in [6.45, 7) is 2.01. The zero-order chi connectivity index (χ0) is 18.3. The molecule has 0 amide bonds. The van der Waals surface area contributed by atoms with Gasteiger partial charge in [-0.25, -0.2) is 15.0 Å². The molecule has 0 aliphatic rings. The van der Waals surface area contributed by atoms with E-state index in [1.54, 1.807) is 12.4 Å². The van der Waals surface area contributed by atoms with Crippen molar-refractivity contribution in [1.29, 1.82) is 0 Å². The molecule has 26 heavy (non-hydrogen) atoms. The quantitative estimate of drug-likeness (QED) is 0.546. The third-order valence-corrected chi connectivity index (χ3v) is 7.88. The number of rotatable bonds is 5. The molecule has 1 atom stereocenters. The summed E-state index contributed by atoms with van der Waals surface area (Å²) in [6, 6.07) is 1.97. The zero-order valence-electron chi connectivity index (χ0n) is 14.3. The summed E-state index contributed by atoms with van der Waals surface area (Å²) in [7, 11) is 0.823. The Morgan fingerprint density at radius 1 is 1.31 bits per heavy atom. The first-order chi connectivity index (χ1) is 12.6. The van der Waals surface area contributed by atoms with Gasteiger partial charge in [-0.2, -0.15) is 0 Å². The topological polar surface area (TPSA) is 86.7 Å². The highest BCUT2D eigenvalue weighted by molar-refractivity contribution is 7.87. The van der Waals surface area contributed by atoms with Gasteiger partial charge in [0.25, 0.3) is 0 Å². The third-order valence-electron chi connectivity index (χ3n) is 3.97. The molecule has 4 aromatic rings. The summed E-state index contributed by atoms with van der Waals surface area (Å²) in [5.41, 5.74) is 8.64. The number of pyridine rings is 1. The minimum absolute atomic E-state index is 0.549. The number of thiophene rings is 1. The van der Waals surface area contributed by atoms with Crippen LogP contribution in [-0.2, 0) is 17.8 Å². The maximum Gasteiger partial charge on any atom is 0.141 e. The number of anilines is 1. The van der Waals surface area contributed by atoms with Crippen molar-refractivity contribution in [3.63, 3.8) is 0 Å². The normalized spacial score (nSPS) is 12.7. The van der Waals surface area contributed by atoms with Gasteiger partial charge in [-0.15, -0.1) is 22.7 Å². The fraction of sp³-hybridized carbons (Fsp3) is 0.235. The van der Waals surface area contributed by atoms with Gasteiger partial charge in [0.15, 0.2) is 0 Å². The molecule has 6 nitrogen and oxygen atoms in total. The highest BCUT2D eigenvalue weighted by atomic mass is 32.2. The molecular weight excluding hydrogens is 386 g/mol. The van der Waals surface area contributed by atoms with E-state index < -0.39 is 10.8 Å². The first-order valence-electron chi connectivity index (χ1n) is 8.09. The number of nitrogens with zero attached hydrogens (tertiary/aromatic N) is 4. The number of aryl methyl sites for hydroxylation is 1. The number of imidazole rings is 1. The van der Waals surface area contributed by atoms with Crippen LogP contribution in [0.1, 0.15) is 13.3 Å². The van der Waals surface area contributed by atoms with E-state index in [1.165, 1.54) is 22.7 Å². The van der Waals surface area contributed by atoms with Gasteiger partial charge >= 0.3 is 0 Å². The first-order valence-corrected chi connectivity index (χ1v) is 11.1. The molecule has 134 valence electrons.